The molecule has 3 N–H and O–H groups in total. The van der Waals surface area contributed by atoms with E-state index in [4.69, 9.17) is 5.14 Å². The summed E-state index contributed by atoms with van der Waals surface area (Å²) in [6.07, 6.45) is 3.77. The van der Waals surface area contributed by atoms with E-state index in [2.05, 4.69) is 27.3 Å². The standard InChI is InChI=1S/C15H20N4O2S2/c16-23(20,21)14-10-17-15(22-14)18-13(11-19-8-4-5-9-19)12-6-2-1-3-7-12/h1-3,6-7,10,13H,4-5,8-9,11H2,(H,17,18)(H2,16,20,21). The zero-order valence-corrected chi connectivity index (χ0v) is 14.3. The molecule has 1 atom stereocenters. The minimum absolute atomic E-state index is 0.0637. The van der Waals surface area contributed by atoms with Crippen molar-refractivity contribution < 1.29 is 8.42 Å². The van der Waals surface area contributed by atoms with E-state index in [9.17, 15) is 8.42 Å². The first kappa shape index (κ1) is 16.4. The average molecular weight is 352 g/mol. The fourth-order valence-electron chi connectivity index (χ4n) is 2.75. The number of nitrogens with two attached hydrogens (primary N) is 1. The maximum atomic E-state index is 11.4. The Kier molecular flexibility index (Phi) is 4.96. The largest absolute Gasteiger partial charge is 0.353 e. The molecule has 0 amide bonds. The molecule has 1 aliphatic heterocycles. The van der Waals surface area contributed by atoms with Gasteiger partial charge in [-0.25, -0.2) is 18.5 Å². The molecule has 2 heterocycles. The Morgan fingerprint density at radius 1 is 1.26 bits per heavy atom. The number of hydrogen-bond donors (Lipinski definition) is 2. The van der Waals surface area contributed by atoms with E-state index in [1.807, 2.05) is 18.2 Å². The SMILES string of the molecule is NS(=O)(=O)c1cnc(NC(CN2CCCC2)c2ccccc2)s1. The topological polar surface area (TPSA) is 88.3 Å². The Bertz CT molecular complexity index is 740. The number of benzene rings is 1. The van der Waals surface area contributed by atoms with Crippen molar-refractivity contribution >= 4 is 26.5 Å². The first-order valence-electron chi connectivity index (χ1n) is 7.55. The Morgan fingerprint density at radius 2 is 1.96 bits per heavy atom. The summed E-state index contributed by atoms with van der Waals surface area (Å²) < 4.78 is 22.9. The lowest BCUT2D eigenvalue weighted by Gasteiger charge is -2.24. The van der Waals surface area contributed by atoms with Gasteiger partial charge in [-0.2, -0.15) is 0 Å². The predicted octanol–water partition coefficient (Wildman–Crippen LogP) is 2.04. The molecule has 23 heavy (non-hydrogen) atoms. The summed E-state index contributed by atoms with van der Waals surface area (Å²) >= 11 is 1.07. The Morgan fingerprint density at radius 3 is 2.57 bits per heavy atom. The van der Waals surface area contributed by atoms with Crippen molar-refractivity contribution in [3.05, 3.63) is 42.1 Å². The molecule has 1 aromatic heterocycles. The van der Waals surface area contributed by atoms with Gasteiger partial charge in [0.05, 0.1) is 12.2 Å². The zero-order valence-electron chi connectivity index (χ0n) is 12.7. The number of thiazole rings is 1. The number of sulfonamides is 1. The van der Waals surface area contributed by atoms with E-state index in [1.54, 1.807) is 0 Å². The fourth-order valence-corrected chi connectivity index (χ4v) is 4.25. The van der Waals surface area contributed by atoms with Crippen molar-refractivity contribution in [3.8, 4) is 0 Å². The predicted molar refractivity (Wildman–Crippen MR) is 92.0 cm³/mol. The highest BCUT2D eigenvalue weighted by Gasteiger charge is 2.21. The number of primary sulfonamides is 1. The van der Waals surface area contributed by atoms with Crippen molar-refractivity contribution in [2.45, 2.75) is 23.1 Å². The summed E-state index contributed by atoms with van der Waals surface area (Å²) in [6.45, 7) is 3.07. The van der Waals surface area contributed by atoms with Gasteiger partial charge >= 0.3 is 0 Å². The second-order valence-electron chi connectivity index (χ2n) is 5.64. The minimum Gasteiger partial charge on any atom is -0.353 e. The molecule has 3 rings (SSSR count). The van der Waals surface area contributed by atoms with Gasteiger partial charge in [0.25, 0.3) is 0 Å². The van der Waals surface area contributed by atoms with E-state index in [0.29, 0.717) is 5.13 Å². The second kappa shape index (κ2) is 6.96. The van der Waals surface area contributed by atoms with E-state index < -0.39 is 10.0 Å². The lowest BCUT2D eigenvalue weighted by atomic mass is 10.1. The van der Waals surface area contributed by atoms with E-state index >= 15 is 0 Å². The van der Waals surface area contributed by atoms with Crippen molar-refractivity contribution in [3.63, 3.8) is 0 Å². The number of aromatic nitrogens is 1. The Hall–Kier alpha value is -1.48. The summed E-state index contributed by atoms with van der Waals surface area (Å²) in [5.74, 6) is 0. The highest BCUT2D eigenvalue weighted by Crippen LogP contribution is 2.27. The molecule has 2 aromatic rings. The maximum Gasteiger partial charge on any atom is 0.249 e. The van der Waals surface area contributed by atoms with Crippen LogP contribution in [0.3, 0.4) is 0 Å². The van der Waals surface area contributed by atoms with Crippen LogP contribution in [0.2, 0.25) is 0 Å². The molecule has 0 spiro atoms. The Labute approximate surface area is 140 Å². The molecule has 1 unspecified atom stereocenters. The van der Waals surface area contributed by atoms with Crippen molar-refractivity contribution in [1.82, 2.24) is 9.88 Å². The quantitative estimate of drug-likeness (QED) is 0.830. The minimum atomic E-state index is -3.70. The lowest BCUT2D eigenvalue weighted by molar-refractivity contribution is 0.323. The number of nitrogens with one attached hydrogen (secondary N) is 1. The summed E-state index contributed by atoms with van der Waals surface area (Å²) in [6, 6.07) is 10.2. The maximum absolute atomic E-state index is 11.4. The molecule has 1 aromatic carbocycles. The molecular formula is C15H20N4O2S2. The summed E-state index contributed by atoms with van der Waals surface area (Å²) in [5, 5.41) is 9.08. The monoisotopic (exact) mass is 352 g/mol. The van der Waals surface area contributed by atoms with E-state index in [-0.39, 0.29) is 10.3 Å². The first-order chi connectivity index (χ1) is 11.0. The van der Waals surface area contributed by atoms with Crippen LogP contribution in [-0.4, -0.2) is 37.9 Å². The van der Waals surface area contributed by atoms with Crippen LogP contribution in [0.1, 0.15) is 24.4 Å². The molecule has 1 saturated heterocycles. The molecule has 0 bridgehead atoms. The molecule has 8 heteroatoms. The number of hydrogen-bond acceptors (Lipinski definition) is 6. The van der Waals surface area contributed by atoms with Gasteiger partial charge in [0.2, 0.25) is 10.0 Å². The second-order valence-corrected chi connectivity index (χ2v) is 8.46. The summed E-state index contributed by atoms with van der Waals surface area (Å²) in [5.41, 5.74) is 1.16. The van der Waals surface area contributed by atoms with Gasteiger partial charge in [0, 0.05) is 6.54 Å². The summed E-state index contributed by atoms with van der Waals surface area (Å²) in [4.78, 5) is 6.57. The third kappa shape index (κ3) is 4.29. The smallest absolute Gasteiger partial charge is 0.249 e. The lowest BCUT2D eigenvalue weighted by Crippen LogP contribution is -2.29. The average Bonchev–Trinajstić information content (AvgIpc) is 3.18. The first-order valence-corrected chi connectivity index (χ1v) is 9.91. The van der Waals surface area contributed by atoms with Gasteiger partial charge in [-0.1, -0.05) is 41.7 Å². The highest BCUT2D eigenvalue weighted by molar-refractivity contribution is 7.91. The van der Waals surface area contributed by atoms with Gasteiger partial charge in [-0.3, -0.25) is 0 Å². The van der Waals surface area contributed by atoms with Crippen LogP contribution < -0.4 is 10.5 Å². The van der Waals surface area contributed by atoms with Crippen molar-refractivity contribution in [2.24, 2.45) is 5.14 Å². The molecular weight excluding hydrogens is 332 g/mol. The van der Waals surface area contributed by atoms with Gasteiger partial charge in [-0.05, 0) is 31.5 Å². The normalized spacial score (nSPS) is 17.3. The third-order valence-electron chi connectivity index (χ3n) is 3.90. The van der Waals surface area contributed by atoms with Crippen LogP contribution in [0, 0.1) is 0 Å². The molecule has 0 aliphatic carbocycles. The number of nitrogens with zero attached hydrogens (tertiary/aromatic N) is 2. The van der Waals surface area contributed by atoms with E-state index in [1.165, 1.54) is 19.0 Å². The van der Waals surface area contributed by atoms with Gasteiger partial charge in [0.15, 0.2) is 9.34 Å². The van der Waals surface area contributed by atoms with Gasteiger partial charge < -0.3 is 10.2 Å². The van der Waals surface area contributed by atoms with Gasteiger partial charge in [0.1, 0.15) is 0 Å². The van der Waals surface area contributed by atoms with Crippen LogP contribution in [-0.2, 0) is 10.0 Å². The molecule has 1 fully saturated rings. The van der Waals surface area contributed by atoms with Crippen molar-refractivity contribution in [2.75, 3.05) is 25.0 Å². The van der Waals surface area contributed by atoms with Gasteiger partial charge in [-0.15, -0.1) is 0 Å². The number of likely N-dealkylation sites (tertiary alicyclic amines) is 1. The molecule has 1 aliphatic rings. The van der Waals surface area contributed by atoms with Crippen LogP contribution in [0.5, 0.6) is 0 Å². The van der Waals surface area contributed by atoms with E-state index in [0.717, 1.165) is 36.5 Å². The number of anilines is 1. The molecule has 0 radical (unpaired) electrons. The zero-order chi connectivity index (χ0) is 16.3. The van der Waals surface area contributed by atoms with Crippen LogP contribution in [0.4, 0.5) is 5.13 Å². The van der Waals surface area contributed by atoms with Crippen LogP contribution >= 0.6 is 11.3 Å². The molecule has 0 saturated carbocycles. The Balaban J connectivity index is 1.79. The molecule has 124 valence electrons. The van der Waals surface area contributed by atoms with Crippen molar-refractivity contribution in [1.29, 1.82) is 0 Å². The van der Waals surface area contributed by atoms with Crippen LogP contribution in [0.15, 0.2) is 40.7 Å². The third-order valence-corrected chi connectivity index (χ3v) is 6.24. The van der Waals surface area contributed by atoms with Crippen LogP contribution in [0.25, 0.3) is 0 Å². The fraction of sp³-hybridized carbons (Fsp3) is 0.400. The molecule has 6 nitrogen and oxygen atoms in total. The number of rotatable bonds is 6. The summed E-state index contributed by atoms with van der Waals surface area (Å²) in [7, 11) is -3.70. The highest BCUT2D eigenvalue weighted by atomic mass is 32.2.